The van der Waals surface area contributed by atoms with E-state index in [-0.39, 0.29) is 12.0 Å². The summed E-state index contributed by atoms with van der Waals surface area (Å²) in [7, 11) is 0. The van der Waals surface area contributed by atoms with Gasteiger partial charge in [-0.15, -0.1) is 0 Å². The summed E-state index contributed by atoms with van der Waals surface area (Å²) in [6, 6.07) is 0. The Balaban J connectivity index is 2.07. The van der Waals surface area contributed by atoms with Crippen LogP contribution >= 0.6 is 0 Å². The average molecular weight is 113 g/mol. The topological polar surface area (TPSA) is 26.3 Å². The minimum Gasteiger partial charge on any atom is -0.378 e. The highest BCUT2D eigenvalue weighted by atomic mass is 16.5. The molecule has 2 atom stereocenters. The van der Waals surface area contributed by atoms with E-state index in [4.69, 9.17) is 4.74 Å². The van der Waals surface area contributed by atoms with Crippen LogP contribution in [0.5, 0.6) is 0 Å². The molecule has 0 heterocycles. The highest BCUT2D eigenvalue weighted by Gasteiger charge is 2.38. The van der Waals surface area contributed by atoms with Gasteiger partial charge in [-0.05, 0) is 13.3 Å². The van der Waals surface area contributed by atoms with Crippen molar-refractivity contribution in [2.75, 3.05) is 6.61 Å². The molecule has 1 aliphatic carbocycles. The molecule has 1 rings (SSSR count). The number of hydrogen-bond acceptors (Lipinski definition) is 2. The van der Waals surface area contributed by atoms with Crippen LogP contribution in [0.15, 0.2) is 0 Å². The molecule has 0 spiro atoms. The number of carbonyl (C=O) groups excluding carboxylic acids is 1. The van der Waals surface area contributed by atoms with Crippen LogP contribution in [0.4, 0.5) is 0 Å². The molecule has 1 radical (unpaired) electrons. The molecule has 2 unspecified atom stereocenters. The lowest BCUT2D eigenvalue weighted by molar-refractivity contribution is 0.127. The Morgan fingerprint density at radius 2 is 2.62 bits per heavy atom. The second-order valence-electron chi connectivity index (χ2n) is 1.95. The van der Waals surface area contributed by atoms with E-state index in [1.807, 2.05) is 13.2 Å². The van der Waals surface area contributed by atoms with Crippen molar-refractivity contribution >= 4 is 6.29 Å². The fourth-order valence-electron chi connectivity index (χ4n) is 0.694. The largest absolute Gasteiger partial charge is 0.378 e. The van der Waals surface area contributed by atoms with Crippen LogP contribution in [-0.4, -0.2) is 19.0 Å². The summed E-state index contributed by atoms with van der Waals surface area (Å²) in [4.78, 5) is 9.85. The summed E-state index contributed by atoms with van der Waals surface area (Å²) >= 11 is 0. The number of ether oxygens (including phenoxy) is 1. The molecule has 0 saturated heterocycles. The highest BCUT2D eigenvalue weighted by molar-refractivity contribution is 5.59. The number of rotatable bonds is 3. The molecule has 0 bridgehead atoms. The first kappa shape index (κ1) is 5.76. The summed E-state index contributed by atoms with van der Waals surface area (Å²) in [5.74, 6) is 0.0925. The van der Waals surface area contributed by atoms with Crippen molar-refractivity contribution in [1.29, 1.82) is 0 Å². The van der Waals surface area contributed by atoms with Gasteiger partial charge < -0.3 is 4.74 Å². The van der Waals surface area contributed by atoms with E-state index in [1.54, 1.807) is 0 Å². The lowest BCUT2D eigenvalue weighted by Gasteiger charge is -1.91. The molecule has 1 fully saturated rings. The van der Waals surface area contributed by atoms with Crippen LogP contribution in [0.1, 0.15) is 13.3 Å². The monoisotopic (exact) mass is 113 g/mol. The van der Waals surface area contributed by atoms with Crippen LogP contribution in [0, 0.1) is 5.92 Å². The van der Waals surface area contributed by atoms with E-state index in [1.165, 1.54) is 0 Å². The van der Waals surface area contributed by atoms with Crippen LogP contribution in [0.2, 0.25) is 0 Å². The molecule has 0 amide bonds. The summed E-state index contributed by atoms with van der Waals surface area (Å²) < 4.78 is 5.09. The fourth-order valence-corrected chi connectivity index (χ4v) is 0.694. The quantitative estimate of drug-likeness (QED) is 0.533. The molecule has 2 nitrogen and oxygen atoms in total. The van der Waals surface area contributed by atoms with Crippen molar-refractivity contribution in [2.24, 2.45) is 5.92 Å². The fraction of sp³-hybridized carbons (Fsp3) is 0.833. The molecule has 1 saturated carbocycles. The van der Waals surface area contributed by atoms with Crippen LogP contribution < -0.4 is 0 Å². The van der Waals surface area contributed by atoms with Gasteiger partial charge in [-0.25, -0.2) is 0 Å². The van der Waals surface area contributed by atoms with Crippen molar-refractivity contribution in [3.05, 3.63) is 0 Å². The maximum Gasteiger partial charge on any atom is 0.204 e. The first-order chi connectivity index (χ1) is 3.88. The Morgan fingerprint density at radius 1 is 1.88 bits per heavy atom. The van der Waals surface area contributed by atoms with Crippen molar-refractivity contribution in [1.82, 2.24) is 0 Å². The van der Waals surface area contributed by atoms with Crippen molar-refractivity contribution in [3.8, 4) is 0 Å². The van der Waals surface area contributed by atoms with Gasteiger partial charge in [-0.3, -0.25) is 4.79 Å². The molecular weight excluding hydrogens is 104 g/mol. The van der Waals surface area contributed by atoms with Crippen molar-refractivity contribution < 1.29 is 9.53 Å². The molecule has 0 aromatic heterocycles. The molecule has 0 aromatic carbocycles. The van der Waals surface area contributed by atoms with Gasteiger partial charge in [0, 0.05) is 6.61 Å². The Morgan fingerprint density at radius 3 is 3.00 bits per heavy atom. The third-order valence-corrected chi connectivity index (χ3v) is 1.26. The standard InChI is InChI=1S/C6H9O2/c1-2-8-6-3-5(6)4-7/h5-6H,2-3H2,1H3. The Labute approximate surface area is 48.8 Å². The first-order valence-electron chi connectivity index (χ1n) is 2.87. The molecule has 8 heavy (non-hydrogen) atoms. The zero-order valence-electron chi connectivity index (χ0n) is 4.89. The smallest absolute Gasteiger partial charge is 0.204 e. The maximum absolute atomic E-state index is 9.85. The van der Waals surface area contributed by atoms with E-state index in [9.17, 15) is 4.79 Å². The van der Waals surface area contributed by atoms with Gasteiger partial charge in [-0.1, -0.05) is 0 Å². The normalized spacial score (nSPS) is 34.6. The van der Waals surface area contributed by atoms with E-state index in [0.717, 1.165) is 6.42 Å². The third-order valence-electron chi connectivity index (χ3n) is 1.26. The van der Waals surface area contributed by atoms with Gasteiger partial charge in [-0.2, -0.15) is 0 Å². The minimum atomic E-state index is 0.0925. The molecule has 45 valence electrons. The summed E-state index contributed by atoms with van der Waals surface area (Å²) in [5.41, 5.74) is 0. The summed E-state index contributed by atoms with van der Waals surface area (Å²) in [6.45, 7) is 2.64. The van der Waals surface area contributed by atoms with Crippen LogP contribution in [0.3, 0.4) is 0 Å². The molecule has 1 aliphatic rings. The van der Waals surface area contributed by atoms with Gasteiger partial charge >= 0.3 is 0 Å². The lowest BCUT2D eigenvalue weighted by atomic mass is 10.5. The van der Waals surface area contributed by atoms with Gasteiger partial charge in [0.1, 0.15) is 0 Å². The second kappa shape index (κ2) is 2.27. The van der Waals surface area contributed by atoms with E-state index < -0.39 is 0 Å². The van der Waals surface area contributed by atoms with Gasteiger partial charge in [0.05, 0.1) is 12.0 Å². The Bertz CT molecular complexity index is 90.5. The van der Waals surface area contributed by atoms with E-state index in [2.05, 4.69) is 0 Å². The molecule has 2 heteroatoms. The van der Waals surface area contributed by atoms with Gasteiger partial charge in [0.2, 0.25) is 6.29 Å². The van der Waals surface area contributed by atoms with Crippen molar-refractivity contribution in [3.63, 3.8) is 0 Å². The highest BCUT2D eigenvalue weighted by Crippen LogP contribution is 2.30. The SMILES string of the molecule is CCOC1CC1[C]=O. The molecule has 0 N–H and O–H groups in total. The average Bonchev–Trinajstić information content (AvgIpc) is 2.48. The van der Waals surface area contributed by atoms with E-state index in [0.29, 0.717) is 6.61 Å². The first-order valence-corrected chi connectivity index (χ1v) is 2.87. The van der Waals surface area contributed by atoms with E-state index >= 15 is 0 Å². The summed E-state index contributed by atoms with van der Waals surface area (Å²) in [5, 5.41) is 0. The van der Waals surface area contributed by atoms with Crippen LogP contribution in [-0.2, 0) is 9.53 Å². The zero-order chi connectivity index (χ0) is 5.98. The summed E-state index contributed by atoms with van der Waals surface area (Å²) in [6.07, 6.45) is 2.99. The predicted molar refractivity (Wildman–Crippen MR) is 29.2 cm³/mol. The minimum absolute atomic E-state index is 0.0925. The molecular formula is C6H9O2. The molecule has 0 aromatic rings. The number of hydrogen-bond donors (Lipinski definition) is 0. The Kier molecular flexibility index (Phi) is 1.63. The molecule has 0 aliphatic heterocycles. The zero-order valence-corrected chi connectivity index (χ0v) is 4.89. The maximum atomic E-state index is 9.85. The van der Waals surface area contributed by atoms with Crippen molar-refractivity contribution in [2.45, 2.75) is 19.4 Å². The van der Waals surface area contributed by atoms with Gasteiger partial charge in [0.25, 0.3) is 0 Å². The Hall–Kier alpha value is -0.370. The predicted octanol–water partition coefficient (Wildman–Crippen LogP) is 0.521. The second-order valence-corrected chi connectivity index (χ2v) is 1.95. The van der Waals surface area contributed by atoms with Gasteiger partial charge in [0.15, 0.2) is 0 Å². The third kappa shape index (κ3) is 1.07. The lowest BCUT2D eigenvalue weighted by Crippen LogP contribution is -1.95. The van der Waals surface area contributed by atoms with Crippen LogP contribution in [0.25, 0.3) is 0 Å².